The number of hydrogen-bond acceptors (Lipinski definition) is 3. The molecule has 1 N–H and O–H groups in total. The smallest absolute Gasteiger partial charge is 0.229 e. The molecule has 1 aliphatic carbocycles. The number of benzene rings is 1. The van der Waals surface area contributed by atoms with E-state index in [1.165, 1.54) is 12.8 Å². The van der Waals surface area contributed by atoms with Crippen molar-refractivity contribution in [3.8, 4) is 0 Å². The van der Waals surface area contributed by atoms with Crippen LogP contribution in [0.4, 0.5) is 11.4 Å². The molecule has 1 aromatic carbocycles. The lowest BCUT2D eigenvalue weighted by Crippen LogP contribution is -2.35. The maximum absolute atomic E-state index is 12.4. The molecule has 5 nitrogen and oxygen atoms in total. The predicted molar refractivity (Wildman–Crippen MR) is 91.5 cm³/mol. The molecule has 23 heavy (non-hydrogen) atoms. The standard InChI is InChI=1S/C18H25N3O2/c1-20(2)15-9-7-14(8-10-15)19-18(23)13-11-17(22)21(12-13)16-5-3-4-6-16/h7-10,13,16H,3-6,11-12H2,1-2H3,(H,19,23)/t13-/m1/s1. The minimum Gasteiger partial charge on any atom is -0.378 e. The van der Waals surface area contributed by atoms with Gasteiger partial charge >= 0.3 is 0 Å². The van der Waals surface area contributed by atoms with E-state index in [0.717, 1.165) is 24.2 Å². The lowest BCUT2D eigenvalue weighted by molar-refractivity contribution is -0.129. The normalized spacial score (nSPS) is 21.7. The van der Waals surface area contributed by atoms with Crippen LogP contribution in [0.25, 0.3) is 0 Å². The van der Waals surface area contributed by atoms with E-state index < -0.39 is 0 Å². The van der Waals surface area contributed by atoms with Crippen LogP contribution in [0.15, 0.2) is 24.3 Å². The quantitative estimate of drug-likeness (QED) is 0.929. The summed E-state index contributed by atoms with van der Waals surface area (Å²) in [6.07, 6.45) is 4.92. The summed E-state index contributed by atoms with van der Waals surface area (Å²) in [4.78, 5) is 28.6. The maximum Gasteiger partial charge on any atom is 0.229 e. The molecule has 2 fully saturated rings. The van der Waals surface area contributed by atoms with E-state index in [1.54, 1.807) is 0 Å². The fourth-order valence-corrected chi connectivity index (χ4v) is 3.56. The van der Waals surface area contributed by atoms with Crippen LogP contribution in [0.2, 0.25) is 0 Å². The molecule has 3 rings (SSSR count). The zero-order valence-electron chi connectivity index (χ0n) is 13.9. The molecule has 0 aromatic heterocycles. The second kappa shape index (κ2) is 6.60. The molecule has 2 aliphatic rings. The van der Waals surface area contributed by atoms with Gasteiger partial charge in [0.05, 0.1) is 5.92 Å². The Morgan fingerprint density at radius 3 is 2.43 bits per heavy atom. The number of nitrogens with zero attached hydrogens (tertiary/aromatic N) is 2. The van der Waals surface area contributed by atoms with Crippen molar-refractivity contribution < 1.29 is 9.59 Å². The van der Waals surface area contributed by atoms with Gasteiger partial charge in [-0.15, -0.1) is 0 Å². The Balaban J connectivity index is 1.59. The maximum atomic E-state index is 12.4. The molecule has 1 aliphatic heterocycles. The fraction of sp³-hybridized carbons (Fsp3) is 0.556. The molecule has 0 unspecified atom stereocenters. The Morgan fingerprint density at radius 2 is 1.83 bits per heavy atom. The molecule has 1 saturated carbocycles. The van der Waals surface area contributed by atoms with Crippen LogP contribution in [0.1, 0.15) is 32.1 Å². The van der Waals surface area contributed by atoms with Crippen molar-refractivity contribution in [2.75, 3.05) is 30.9 Å². The number of anilines is 2. The average molecular weight is 315 g/mol. The molecule has 0 radical (unpaired) electrons. The van der Waals surface area contributed by atoms with E-state index in [-0.39, 0.29) is 17.7 Å². The van der Waals surface area contributed by atoms with Crippen LogP contribution in [-0.2, 0) is 9.59 Å². The highest BCUT2D eigenvalue weighted by Gasteiger charge is 2.38. The summed E-state index contributed by atoms with van der Waals surface area (Å²) in [5.74, 6) is -0.131. The van der Waals surface area contributed by atoms with Crippen molar-refractivity contribution in [1.82, 2.24) is 4.90 Å². The summed E-state index contributed by atoms with van der Waals surface area (Å²) in [5, 5.41) is 2.95. The summed E-state index contributed by atoms with van der Waals surface area (Å²) in [5.41, 5.74) is 1.87. The van der Waals surface area contributed by atoms with Crippen molar-refractivity contribution in [1.29, 1.82) is 0 Å². The minimum atomic E-state index is -0.225. The molecular formula is C18H25N3O2. The SMILES string of the molecule is CN(C)c1ccc(NC(=O)[C@@H]2CC(=O)N(C3CCCC3)C2)cc1. The number of nitrogens with one attached hydrogen (secondary N) is 1. The molecule has 5 heteroatoms. The number of hydrogen-bond donors (Lipinski definition) is 1. The number of carbonyl (C=O) groups excluding carboxylic acids is 2. The molecule has 2 amide bonds. The molecule has 1 aromatic rings. The highest BCUT2D eigenvalue weighted by atomic mass is 16.2. The first-order valence-corrected chi connectivity index (χ1v) is 8.42. The fourth-order valence-electron chi connectivity index (χ4n) is 3.56. The first kappa shape index (κ1) is 15.8. The number of likely N-dealkylation sites (tertiary alicyclic amines) is 1. The zero-order valence-corrected chi connectivity index (χ0v) is 13.9. The Labute approximate surface area is 137 Å². The average Bonchev–Trinajstić information content (AvgIpc) is 3.16. The Hall–Kier alpha value is -2.04. The van der Waals surface area contributed by atoms with Crippen molar-refractivity contribution in [3.63, 3.8) is 0 Å². The van der Waals surface area contributed by atoms with E-state index in [9.17, 15) is 9.59 Å². The van der Waals surface area contributed by atoms with Crippen LogP contribution in [0.3, 0.4) is 0 Å². The van der Waals surface area contributed by atoms with Gasteiger partial charge in [-0.3, -0.25) is 9.59 Å². The first-order chi connectivity index (χ1) is 11.0. The van der Waals surface area contributed by atoms with Crippen LogP contribution < -0.4 is 10.2 Å². The van der Waals surface area contributed by atoms with Gasteiger partial charge in [-0.25, -0.2) is 0 Å². The van der Waals surface area contributed by atoms with Crippen LogP contribution in [-0.4, -0.2) is 43.4 Å². The van der Waals surface area contributed by atoms with E-state index in [4.69, 9.17) is 0 Å². The Bertz CT molecular complexity index is 576. The molecule has 0 spiro atoms. The molecule has 124 valence electrons. The van der Waals surface area contributed by atoms with Crippen molar-refractivity contribution in [2.24, 2.45) is 5.92 Å². The largest absolute Gasteiger partial charge is 0.378 e. The number of amides is 2. The second-order valence-electron chi connectivity index (χ2n) is 6.82. The summed E-state index contributed by atoms with van der Waals surface area (Å²) in [7, 11) is 3.96. The topological polar surface area (TPSA) is 52.7 Å². The van der Waals surface area contributed by atoms with Gasteiger partial charge in [0, 0.05) is 44.5 Å². The first-order valence-electron chi connectivity index (χ1n) is 8.42. The molecule has 0 bridgehead atoms. The van der Waals surface area contributed by atoms with E-state index in [2.05, 4.69) is 5.32 Å². The lowest BCUT2D eigenvalue weighted by atomic mass is 10.1. The summed E-state index contributed by atoms with van der Waals surface area (Å²) in [6, 6.07) is 8.11. The van der Waals surface area contributed by atoms with Gasteiger partial charge in [-0.1, -0.05) is 12.8 Å². The van der Waals surface area contributed by atoms with Gasteiger partial charge in [-0.2, -0.15) is 0 Å². The van der Waals surface area contributed by atoms with Crippen LogP contribution >= 0.6 is 0 Å². The molecule has 1 heterocycles. The van der Waals surface area contributed by atoms with Crippen molar-refractivity contribution >= 4 is 23.2 Å². The monoisotopic (exact) mass is 315 g/mol. The highest BCUT2D eigenvalue weighted by molar-refractivity contribution is 5.97. The summed E-state index contributed by atoms with van der Waals surface area (Å²) < 4.78 is 0. The van der Waals surface area contributed by atoms with Gasteiger partial charge < -0.3 is 15.1 Å². The van der Waals surface area contributed by atoms with E-state index in [0.29, 0.717) is 19.0 Å². The third-order valence-electron chi connectivity index (χ3n) is 4.95. The van der Waals surface area contributed by atoms with Crippen molar-refractivity contribution in [2.45, 2.75) is 38.1 Å². The number of carbonyl (C=O) groups is 2. The second-order valence-corrected chi connectivity index (χ2v) is 6.82. The Morgan fingerprint density at radius 1 is 1.17 bits per heavy atom. The summed E-state index contributed by atoms with van der Waals surface area (Å²) in [6.45, 7) is 0.575. The molecular weight excluding hydrogens is 290 g/mol. The Kier molecular flexibility index (Phi) is 4.55. The minimum absolute atomic E-state index is 0.0450. The lowest BCUT2D eigenvalue weighted by Gasteiger charge is -2.23. The molecule has 1 saturated heterocycles. The van der Waals surface area contributed by atoms with Crippen LogP contribution in [0.5, 0.6) is 0 Å². The predicted octanol–water partition coefficient (Wildman–Crippen LogP) is 2.48. The summed E-state index contributed by atoms with van der Waals surface area (Å²) >= 11 is 0. The van der Waals surface area contributed by atoms with Crippen LogP contribution in [0, 0.1) is 5.92 Å². The van der Waals surface area contributed by atoms with Gasteiger partial charge in [0.1, 0.15) is 0 Å². The highest BCUT2D eigenvalue weighted by Crippen LogP contribution is 2.30. The zero-order chi connectivity index (χ0) is 16.4. The van der Waals surface area contributed by atoms with Crippen molar-refractivity contribution in [3.05, 3.63) is 24.3 Å². The van der Waals surface area contributed by atoms with E-state index >= 15 is 0 Å². The third kappa shape index (κ3) is 3.49. The van der Waals surface area contributed by atoms with Gasteiger partial charge in [0.25, 0.3) is 0 Å². The van der Waals surface area contributed by atoms with E-state index in [1.807, 2.05) is 48.2 Å². The molecule has 1 atom stereocenters. The third-order valence-corrected chi connectivity index (χ3v) is 4.95. The van der Waals surface area contributed by atoms with Gasteiger partial charge in [-0.05, 0) is 37.1 Å². The van der Waals surface area contributed by atoms with Gasteiger partial charge in [0.2, 0.25) is 11.8 Å². The number of rotatable bonds is 4. The van der Waals surface area contributed by atoms with Gasteiger partial charge in [0.15, 0.2) is 0 Å².